The smallest absolute Gasteiger partial charge is 0.336 e. The maximum atomic E-state index is 12.3. The molecule has 5 heteroatoms. The van der Waals surface area contributed by atoms with Crippen molar-refractivity contribution in [2.45, 2.75) is 45.0 Å². The predicted octanol–water partition coefficient (Wildman–Crippen LogP) is 0.790. The van der Waals surface area contributed by atoms with Gasteiger partial charge in [-0.05, 0) is 25.2 Å². The molecule has 0 aromatic heterocycles. The van der Waals surface area contributed by atoms with Crippen molar-refractivity contribution in [3.05, 3.63) is 12.2 Å². The number of fused-ring (bicyclic) bond motifs is 2. The molecule has 6 atom stereocenters. The van der Waals surface area contributed by atoms with Gasteiger partial charge in [-0.1, -0.05) is 13.5 Å². The van der Waals surface area contributed by atoms with Crippen LogP contribution >= 0.6 is 0 Å². The highest BCUT2D eigenvalue weighted by molar-refractivity contribution is 5.93. The van der Waals surface area contributed by atoms with Crippen LogP contribution in [0.15, 0.2) is 12.2 Å². The van der Waals surface area contributed by atoms with Gasteiger partial charge in [0.25, 0.3) is 0 Å². The molecule has 0 amide bonds. The van der Waals surface area contributed by atoms with Gasteiger partial charge in [0.2, 0.25) is 5.79 Å². The molecule has 0 spiro atoms. The van der Waals surface area contributed by atoms with Gasteiger partial charge in [0.1, 0.15) is 5.78 Å². The van der Waals surface area contributed by atoms with E-state index in [4.69, 9.17) is 4.74 Å². The Hall–Kier alpha value is -1.20. The highest BCUT2D eigenvalue weighted by Crippen LogP contribution is 2.57. The summed E-state index contributed by atoms with van der Waals surface area (Å²) < 4.78 is 5.08. The summed E-state index contributed by atoms with van der Waals surface area (Å²) in [5.41, 5.74) is -0.875. The van der Waals surface area contributed by atoms with Crippen LogP contribution in [0.5, 0.6) is 0 Å². The number of hydrogen-bond acceptors (Lipinski definition) is 5. The number of ketones is 1. The lowest BCUT2D eigenvalue weighted by Crippen LogP contribution is -2.49. The van der Waals surface area contributed by atoms with Gasteiger partial charge < -0.3 is 14.9 Å². The van der Waals surface area contributed by atoms with E-state index in [2.05, 4.69) is 6.58 Å². The van der Waals surface area contributed by atoms with Crippen molar-refractivity contribution in [1.82, 2.24) is 0 Å². The molecule has 3 aliphatic rings. The van der Waals surface area contributed by atoms with Crippen molar-refractivity contribution in [1.29, 1.82) is 0 Å². The third-order valence-corrected chi connectivity index (χ3v) is 5.68. The molecule has 2 saturated carbocycles. The lowest BCUT2D eigenvalue weighted by molar-refractivity contribution is -0.217. The molecular formula is C15H20O5. The van der Waals surface area contributed by atoms with Crippen molar-refractivity contribution >= 4 is 11.8 Å². The summed E-state index contributed by atoms with van der Waals surface area (Å²) in [5, 5.41) is 21.4. The molecule has 5 nitrogen and oxygen atoms in total. The van der Waals surface area contributed by atoms with Gasteiger partial charge in [-0.15, -0.1) is 0 Å². The Morgan fingerprint density at radius 2 is 2.05 bits per heavy atom. The summed E-state index contributed by atoms with van der Waals surface area (Å²) in [6.07, 6.45) is 0.232. The first-order chi connectivity index (χ1) is 9.21. The molecular weight excluding hydrogens is 260 g/mol. The molecule has 1 aliphatic heterocycles. The Labute approximate surface area is 117 Å². The highest BCUT2D eigenvalue weighted by Gasteiger charge is 2.66. The van der Waals surface area contributed by atoms with E-state index in [1.807, 2.05) is 6.92 Å². The van der Waals surface area contributed by atoms with E-state index in [1.54, 1.807) is 6.92 Å². The second-order valence-corrected chi connectivity index (χ2v) is 6.71. The van der Waals surface area contributed by atoms with Crippen molar-refractivity contribution in [2.24, 2.45) is 23.2 Å². The van der Waals surface area contributed by atoms with E-state index < -0.39 is 29.2 Å². The topological polar surface area (TPSA) is 83.8 Å². The second-order valence-electron chi connectivity index (χ2n) is 6.71. The zero-order chi connectivity index (χ0) is 14.9. The molecule has 0 aromatic carbocycles. The van der Waals surface area contributed by atoms with E-state index in [9.17, 15) is 19.8 Å². The predicted molar refractivity (Wildman–Crippen MR) is 69.3 cm³/mol. The third kappa shape index (κ3) is 1.45. The van der Waals surface area contributed by atoms with Crippen molar-refractivity contribution in [3.8, 4) is 0 Å². The number of carbonyl (C=O) groups excluding carboxylic acids is 2. The van der Waals surface area contributed by atoms with Crippen LogP contribution in [0.2, 0.25) is 0 Å². The number of ether oxygens (including phenoxy) is 1. The summed E-state index contributed by atoms with van der Waals surface area (Å²) in [6.45, 7) is 7.33. The number of carbonyl (C=O) groups is 2. The van der Waals surface area contributed by atoms with Crippen LogP contribution in [0.4, 0.5) is 0 Å². The standard InChI is InChI=1S/C15H20O5/c1-7-6-15(19)11(8(2)13(18)20-15)12(17)14(3)9(7)4-5-10(14)16/h7,9,11-12,17,19H,2,4-6H2,1,3H3/t7-,9-,11?,12-,14-,15+/m0/s1. The summed E-state index contributed by atoms with van der Waals surface area (Å²) in [7, 11) is 0. The Morgan fingerprint density at radius 3 is 2.70 bits per heavy atom. The Kier molecular flexibility index (Phi) is 2.70. The van der Waals surface area contributed by atoms with Crippen LogP contribution in [0.25, 0.3) is 0 Å². The number of aliphatic hydroxyl groups is 2. The van der Waals surface area contributed by atoms with Crippen LogP contribution < -0.4 is 0 Å². The minimum absolute atomic E-state index is 0.00162. The van der Waals surface area contributed by atoms with Gasteiger partial charge in [0.05, 0.1) is 17.4 Å². The van der Waals surface area contributed by atoms with E-state index in [0.29, 0.717) is 12.8 Å². The first kappa shape index (κ1) is 13.8. The van der Waals surface area contributed by atoms with Gasteiger partial charge in [0.15, 0.2) is 0 Å². The maximum Gasteiger partial charge on any atom is 0.336 e. The lowest BCUT2D eigenvalue weighted by Gasteiger charge is -2.37. The van der Waals surface area contributed by atoms with Gasteiger partial charge in [-0.25, -0.2) is 4.79 Å². The normalized spacial score (nSPS) is 51.5. The summed E-state index contributed by atoms with van der Waals surface area (Å²) in [5.74, 6) is -3.37. The van der Waals surface area contributed by atoms with Gasteiger partial charge in [0, 0.05) is 18.4 Å². The Bertz CT molecular complexity index is 512. The average molecular weight is 280 g/mol. The number of Topliss-reactive ketones (excluding diaryl/α,β-unsaturated/α-hetero) is 1. The molecule has 20 heavy (non-hydrogen) atoms. The number of esters is 1. The van der Waals surface area contributed by atoms with Gasteiger partial charge in [-0.2, -0.15) is 0 Å². The molecule has 1 heterocycles. The van der Waals surface area contributed by atoms with Crippen molar-refractivity contribution in [2.75, 3.05) is 0 Å². The van der Waals surface area contributed by atoms with Crippen LogP contribution in [0.1, 0.15) is 33.1 Å². The molecule has 1 unspecified atom stereocenters. The SMILES string of the molecule is C=C1C(=O)O[C@]2(O)C[C@H](C)[C@@H]3CCC(=O)[C@@]3(C)[C@@H](O)C12. The van der Waals surface area contributed by atoms with Gasteiger partial charge >= 0.3 is 5.97 Å². The minimum Gasteiger partial charge on any atom is -0.429 e. The third-order valence-electron chi connectivity index (χ3n) is 5.68. The van der Waals surface area contributed by atoms with E-state index in [-0.39, 0.29) is 29.6 Å². The summed E-state index contributed by atoms with van der Waals surface area (Å²) >= 11 is 0. The van der Waals surface area contributed by atoms with E-state index in [1.165, 1.54) is 0 Å². The Morgan fingerprint density at radius 1 is 1.40 bits per heavy atom. The quantitative estimate of drug-likeness (QED) is 0.506. The molecule has 2 N–H and O–H groups in total. The fourth-order valence-corrected chi connectivity index (χ4v) is 4.57. The van der Waals surface area contributed by atoms with E-state index >= 15 is 0 Å². The summed E-state index contributed by atoms with van der Waals surface area (Å²) in [6, 6.07) is 0. The zero-order valence-electron chi connectivity index (χ0n) is 11.8. The molecule has 0 radical (unpaired) electrons. The minimum atomic E-state index is -1.74. The Balaban J connectivity index is 2.13. The molecule has 3 fully saturated rings. The van der Waals surface area contributed by atoms with Crippen LogP contribution in [0, 0.1) is 23.2 Å². The van der Waals surface area contributed by atoms with Crippen LogP contribution in [-0.4, -0.2) is 33.9 Å². The largest absolute Gasteiger partial charge is 0.429 e. The molecule has 2 aliphatic carbocycles. The monoisotopic (exact) mass is 280 g/mol. The first-order valence-corrected chi connectivity index (χ1v) is 7.07. The lowest BCUT2D eigenvalue weighted by atomic mass is 9.68. The molecule has 1 saturated heterocycles. The highest BCUT2D eigenvalue weighted by atomic mass is 16.7. The van der Waals surface area contributed by atoms with Crippen molar-refractivity contribution < 1.29 is 24.5 Å². The number of rotatable bonds is 0. The number of hydrogen-bond donors (Lipinski definition) is 2. The van der Waals surface area contributed by atoms with Crippen molar-refractivity contribution in [3.63, 3.8) is 0 Å². The van der Waals surface area contributed by atoms with Crippen LogP contribution in [0.3, 0.4) is 0 Å². The molecule has 3 rings (SSSR count). The van der Waals surface area contributed by atoms with Crippen LogP contribution in [-0.2, 0) is 14.3 Å². The summed E-state index contributed by atoms with van der Waals surface area (Å²) in [4.78, 5) is 24.0. The zero-order valence-corrected chi connectivity index (χ0v) is 11.8. The average Bonchev–Trinajstić information content (AvgIpc) is 2.74. The second kappa shape index (κ2) is 3.92. The fourth-order valence-electron chi connectivity index (χ4n) is 4.57. The number of aliphatic hydroxyl groups excluding tert-OH is 1. The molecule has 110 valence electrons. The van der Waals surface area contributed by atoms with E-state index in [0.717, 1.165) is 0 Å². The fraction of sp³-hybridized carbons (Fsp3) is 0.733. The molecule has 0 aromatic rings. The first-order valence-electron chi connectivity index (χ1n) is 7.07. The van der Waals surface area contributed by atoms with Gasteiger partial charge in [-0.3, -0.25) is 4.79 Å². The maximum absolute atomic E-state index is 12.3. The molecule has 0 bridgehead atoms.